The van der Waals surface area contributed by atoms with Gasteiger partial charge in [-0.15, -0.1) is 0 Å². The Morgan fingerprint density at radius 2 is 2.11 bits per heavy atom. The molecule has 2 N–H and O–H groups in total. The molecule has 0 aliphatic heterocycles. The summed E-state index contributed by atoms with van der Waals surface area (Å²) in [5.74, 6) is 0. The van der Waals surface area contributed by atoms with Gasteiger partial charge in [0.15, 0.2) is 0 Å². The van der Waals surface area contributed by atoms with Gasteiger partial charge >= 0.3 is 0 Å². The first kappa shape index (κ1) is 14.3. The van der Waals surface area contributed by atoms with Gasteiger partial charge in [0.1, 0.15) is 4.90 Å². The highest BCUT2D eigenvalue weighted by Gasteiger charge is 2.19. The van der Waals surface area contributed by atoms with E-state index in [2.05, 4.69) is 14.9 Å². The zero-order valence-corrected chi connectivity index (χ0v) is 12.3. The van der Waals surface area contributed by atoms with Gasteiger partial charge in [-0.05, 0) is 19.1 Å². The van der Waals surface area contributed by atoms with Crippen LogP contribution in [0.15, 0.2) is 29.3 Å². The molecule has 0 fully saturated rings. The number of hydrogen-bond acceptors (Lipinski definition) is 3. The highest BCUT2D eigenvalue weighted by atomic mass is 35.5. The third kappa shape index (κ3) is 3.09. The van der Waals surface area contributed by atoms with Gasteiger partial charge in [0, 0.05) is 17.8 Å². The molecule has 0 amide bonds. The summed E-state index contributed by atoms with van der Waals surface area (Å²) in [6.07, 6.45) is 1.57. The fraction of sp³-hybridized carbons (Fsp3) is 0.182. The van der Waals surface area contributed by atoms with E-state index < -0.39 is 10.0 Å². The van der Waals surface area contributed by atoms with Crippen molar-refractivity contribution in [1.82, 2.24) is 14.9 Å². The highest BCUT2D eigenvalue weighted by Crippen LogP contribution is 2.28. The summed E-state index contributed by atoms with van der Waals surface area (Å²) in [6, 6.07) is 4.47. The molecule has 2 aromatic rings. The van der Waals surface area contributed by atoms with Crippen molar-refractivity contribution in [3.8, 4) is 0 Å². The normalized spacial score (nSPS) is 11.7. The van der Waals surface area contributed by atoms with E-state index >= 15 is 0 Å². The molecule has 19 heavy (non-hydrogen) atoms. The lowest BCUT2D eigenvalue weighted by Crippen LogP contribution is -2.23. The summed E-state index contributed by atoms with van der Waals surface area (Å²) in [5.41, 5.74) is 1.57. The summed E-state index contributed by atoms with van der Waals surface area (Å²) in [4.78, 5) is -0.0391. The molecule has 0 saturated heterocycles. The van der Waals surface area contributed by atoms with Gasteiger partial charge in [0.2, 0.25) is 10.0 Å². The summed E-state index contributed by atoms with van der Waals surface area (Å²) < 4.78 is 26.7. The molecule has 102 valence electrons. The molecule has 1 aromatic carbocycles. The molecule has 0 saturated carbocycles. The number of H-pyrrole nitrogens is 1. The maximum atomic E-state index is 12.1. The lowest BCUT2D eigenvalue weighted by atomic mass is 10.3. The molecule has 0 aliphatic rings. The Morgan fingerprint density at radius 3 is 2.74 bits per heavy atom. The second kappa shape index (κ2) is 5.50. The van der Waals surface area contributed by atoms with Crippen LogP contribution in [0.2, 0.25) is 10.0 Å². The molecule has 8 heteroatoms. The number of nitrogens with one attached hydrogen (secondary N) is 2. The fourth-order valence-corrected chi connectivity index (χ4v) is 3.26. The number of benzene rings is 1. The quantitative estimate of drug-likeness (QED) is 0.909. The molecule has 0 spiro atoms. The number of hydrogen-bond donors (Lipinski definition) is 2. The summed E-state index contributed by atoms with van der Waals surface area (Å²) in [6.45, 7) is 1.94. The van der Waals surface area contributed by atoms with E-state index in [1.807, 2.05) is 6.92 Å². The Labute approximate surface area is 121 Å². The van der Waals surface area contributed by atoms with Gasteiger partial charge in [-0.2, -0.15) is 5.10 Å². The van der Waals surface area contributed by atoms with Crippen LogP contribution in [0.5, 0.6) is 0 Å². The van der Waals surface area contributed by atoms with Crippen LogP contribution in [-0.2, 0) is 16.6 Å². The van der Waals surface area contributed by atoms with Crippen LogP contribution in [0.25, 0.3) is 0 Å². The third-order valence-corrected chi connectivity index (χ3v) is 4.97. The standard InChI is InChI=1S/C11H11Cl2N3O2S/c1-7-8(5-14-16-7)6-15-19(17,18)10-4-2-3-9(12)11(10)13/h2-5,15H,6H2,1H3,(H,14,16). The van der Waals surface area contributed by atoms with Crippen LogP contribution in [0.4, 0.5) is 0 Å². The molecule has 1 heterocycles. The van der Waals surface area contributed by atoms with Crippen molar-refractivity contribution >= 4 is 33.2 Å². The molecule has 0 radical (unpaired) electrons. The first-order valence-electron chi connectivity index (χ1n) is 5.34. The Kier molecular flexibility index (Phi) is 4.15. The lowest BCUT2D eigenvalue weighted by Gasteiger charge is -2.08. The van der Waals surface area contributed by atoms with E-state index in [1.54, 1.807) is 6.20 Å². The SMILES string of the molecule is Cc1[nH]ncc1CNS(=O)(=O)c1cccc(Cl)c1Cl. The molecule has 1 aromatic heterocycles. The number of aryl methyl sites for hydroxylation is 1. The van der Waals surface area contributed by atoms with Crippen LogP contribution < -0.4 is 4.72 Å². The third-order valence-electron chi connectivity index (χ3n) is 2.59. The van der Waals surface area contributed by atoms with E-state index in [1.165, 1.54) is 18.2 Å². The molecule has 0 aliphatic carbocycles. The van der Waals surface area contributed by atoms with Gasteiger partial charge in [-0.1, -0.05) is 29.3 Å². The van der Waals surface area contributed by atoms with Gasteiger partial charge in [-0.3, -0.25) is 5.10 Å². The second-order valence-corrected chi connectivity index (χ2v) is 6.42. The average molecular weight is 320 g/mol. The minimum absolute atomic E-state index is 0.0144. The minimum atomic E-state index is -3.71. The van der Waals surface area contributed by atoms with Crippen molar-refractivity contribution in [2.45, 2.75) is 18.4 Å². The van der Waals surface area contributed by atoms with Crippen molar-refractivity contribution in [3.63, 3.8) is 0 Å². The monoisotopic (exact) mass is 319 g/mol. The largest absolute Gasteiger partial charge is 0.283 e. The summed E-state index contributed by atoms with van der Waals surface area (Å²) in [7, 11) is -3.71. The van der Waals surface area contributed by atoms with Gasteiger partial charge in [0.05, 0.1) is 16.2 Å². The zero-order valence-electron chi connectivity index (χ0n) is 9.94. The van der Waals surface area contributed by atoms with Gasteiger partial charge in [-0.25, -0.2) is 13.1 Å². The van der Waals surface area contributed by atoms with Crippen molar-refractivity contribution in [3.05, 3.63) is 45.7 Å². The van der Waals surface area contributed by atoms with Crippen molar-refractivity contribution in [1.29, 1.82) is 0 Å². The Hall–Kier alpha value is -1.08. The smallest absolute Gasteiger partial charge is 0.242 e. The van der Waals surface area contributed by atoms with Crippen LogP contribution in [0.3, 0.4) is 0 Å². The number of rotatable bonds is 4. The van der Waals surface area contributed by atoms with E-state index in [-0.39, 0.29) is 21.5 Å². The molecular weight excluding hydrogens is 309 g/mol. The predicted molar refractivity (Wildman–Crippen MR) is 73.8 cm³/mol. The van der Waals surface area contributed by atoms with E-state index in [0.717, 1.165) is 11.3 Å². The first-order chi connectivity index (χ1) is 8.92. The van der Waals surface area contributed by atoms with Crippen LogP contribution in [0, 0.1) is 6.92 Å². The Balaban J connectivity index is 2.24. The van der Waals surface area contributed by atoms with Gasteiger partial charge < -0.3 is 0 Å². The van der Waals surface area contributed by atoms with Crippen LogP contribution in [0.1, 0.15) is 11.3 Å². The maximum absolute atomic E-state index is 12.1. The topological polar surface area (TPSA) is 74.8 Å². The highest BCUT2D eigenvalue weighted by molar-refractivity contribution is 7.89. The van der Waals surface area contributed by atoms with Gasteiger partial charge in [0.25, 0.3) is 0 Å². The lowest BCUT2D eigenvalue weighted by molar-refractivity contribution is 0.581. The van der Waals surface area contributed by atoms with Crippen molar-refractivity contribution in [2.24, 2.45) is 0 Å². The number of sulfonamides is 1. The molecule has 0 bridgehead atoms. The average Bonchev–Trinajstić information content (AvgIpc) is 2.76. The number of halogens is 2. The minimum Gasteiger partial charge on any atom is -0.283 e. The number of nitrogens with zero attached hydrogens (tertiary/aromatic N) is 1. The fourth-order valence-electron chi connectivity index (χ4n) is 1.50. The maximum Gasteiger partial charge on any atom is 0.242 e. The van der Waals surface area contributed by atoms with Crippen LogP contribution >= 0.6 is 23.2 Å². The zero-order chi connectivity index (χ0) is 14.0. The van der Waals surface area contributed by atoms with Crippen molar-refractivity contribution in [2.75, 3.05) is 0 Å². The van der Waals surface area contributed by atoms with E-state index in [0.29, 0.717) is 0 Å². The first-order valence-corrected chi connectivity index (χ1v) is 7.58. The van der Waals surface area contributed by atoms with E-state index in [4.69, 9.17) is 23.2 Å². The Morgan fingerprint density at radius 1 is 1.37 bits per heavy atom. The molecular formula is C11H11Cl2N3O2S. The Bertz CT molecular complexity index is 698. The summed E-state index contributed by atoms with van der Waals surface area (Å²) >= 11 is 11.7. The molecule has 0 unspecified atom stereocenters. The second-order valence-electron chi connectivity index (χ2n) is 3.90. The van der Waals surface area contributed by atoms with Crippen molar-refractivity contribution < 1.29 is 8.42 Å². The number of aromatic amines is 1. The molecule has 5 nitrogen and oxygen atoms in total. The van der Waals surface area contributed by atoms with Crippen LogP contribution in [-0.4, -0.2) is 18.6 Å². The predicted octanol–water partition coefficient (Wildman–Crippen LogP) is 2.50. The summed E-state index contributed by atoms with van der Waals surface area (Å²) in [5, 5.41) is 6.77. The number of aromatic nitrogens is 2. The van der Waals surface area contributed by atoms with E-state index in [9.17, 15) is 8.42 Å². The molecule has 0 atom stereocenters. The molecule has 2 rings (SSSR count).